The number of halogens is 1. The highest BCUT2D eigenvalue weighted by atomic mass is 35.5. The van der Waals surface area contributed by atoms with Crippen molar-refractivity contribution in [2.24, 2.45) is 0 Å². The van der Waals surface area contributed by atoms with Crippen molar-refractivity contribution >= 4 is 17.3 Å². The molecule has 5 nitrogen and oxygen atoms in total. The van der Waals surface area contributed by atoms with E-state index in [4.69, 9.17) is 16.3 Å². The number of rotatable bonds is 5. The van der Waals surface area contributed by atoms with Crippen molar-refractivity contribution in [1.82, 2.24) is 5.32 Å². The minimum absolute atomic E-state index is 0.0645. The van der Waals surface area contributed by atoms with Gasteiger partial charge < -0.3 is 10.1 Å². The zero-order valence-corrected chi connectivity index (χ0v) is 12.5. The van der Waals surface area contributed by atoms with Gasteiger partial charge in [0, 0.05) is 23.2 Å². The Labute approximate surface area is 127 Å². The summed E-state index contributed by atoms with van der Waals surface area (Å²) in [6.07, 6.45) is 0. The van der Waals surface area contributed by atoms with Crippen LogP contribution in [0.1, 0.15) is 11.1 Å². The van der Waals surface area contributed by atoms with Crippen LogP contribution in [0.25, 0.3) is 0 Å². The Morgan fingerprint density at radius 3 is 2.67 bits per heavy atom. The lowest BCUT2D eigenvalue weighted by Gasteiger charge is -2.12. The van der Waals surface area contributed by atoms with Crippen LogP contribution in [0.15, 0.2) is 36.4 Å². The molecule has 1 N–H and O–H groups in total. The molecule has 0 saturated carbocycles. The van der Waals surface area contributed by atoms with Gasteiger partial charge in [0.05, 0.1) is 4.92 Å². The molecule has 0 unspecified atom stereocenters. The van der Waals surface area contributed by atoms with Gasteiger partial charge in [0.15, 0.2) is 0 Å². The third kappa shape index (κ3) is 3.71. The average molecular weight is 307 g/mol. The third-order valence-corrected chi connectivity index (χ3v) is 3.16. The van der Waals surface area contributed by atoms with Crippen molar-refractivity contribution in [3.63, 3.8) is 0 Å². The lowest BCUT2D eigenvalue weighted by atomic mass is 10.2. The SMILES string of the molecule is CNCc1ccc(Cl)cc1Oc1ccc(C)cc1[N+](=O)[O-]. The number of nitro benzene ring substituents is 1. The molecule has 0 spiro atoms. The van der Waals surface area contributed by atoms with Crippen LogP contribution in [0.5, 0.6) is 11.5 Å². The minimum Gasteiger partial charge on any atom is -0.450 e. The second-order valence-electron chi connectivity index (χ2n) is 4.61. The van der Waals surface area contributed by atoms with Crippen LogP contribution < -0.4 is 10.1 Å². The van der Waals surface area contributed by atoms with Crippen LogP contribution in [0, 0.1) is 17.0 Å². The van der Waals surface area contributed by atoms with Gasteiger partial charge in [-0.3, -0.25) is 10.1 Å². The van der Waals surface area contributed by atoms with Crippen LogP contribution in [0.4, 0.5) is 5.69 Å². The first kappa shape index (κ1) is 15.3. The number of nitro groups is 1. The monoisotopic (exact) mass is 306 g/mol. The quantitative estimate of drug-likeness (QED) is 0.668. The third-order valence-electron chi connectivity index (χ3n) is 2.93. The fourth-order valence-electron chi connectivity index (χ4n) is 1.93. The summed E-state index contributed by atoms with van der Waals surface area (Å²) in [6, 6.07) is 10.1. The second kappa shape index (κ2) is 6.56. The molecule has 0 saturated heterocycles. The molecule has 0 radical (unpaired) electrons. The first-order valence-electron chi connectivity index (χ1n) is 6.37. The predicted molar refractivity (Wildman–Crippen MR) is 82.1 cm³/mol. The summed E-state index contributed by atoms with van der Waals surface area (Å²) < 4.78 is 5.72. The van der Waals surface area contributed by atoms with Crippen molar-refractivity contribution in [3.05, 3.63) is 62.7 Å². The maximum Gasteiger partial charge on any atom is 0.311 e. The van der Waals surface area contributed by atoms with E-state index in [0.29, 0.717) is 17.3 Å². The molecule has 0 heterocycles. The summed E-state index contributed by atoms with van der Waals surface area (Å²) in [7, 11) is 1.81. The zero-order valence-electron chi connectivity index (χ0n) is 11.7. The molecule has 0 aliphatic rings. The largest absolute Gasteiger partial charge is 0.450 e. The Hall–Kier alpha value is -2.11. The molecule has 0 fully saturated rings. The number of nitrogens with one attached hydrogen (secondary N) is 1. The van der Waals surface area contributed by atoms with Crippen LogP contribution in [0.3, 0.4) is 0 Å². The van der Waals surface area contributed by atoms with Gasteiger partial charge in [-0.1, -0.05) is 23.7 Å². The molecule has 0 aromatic heterocycles. The Kier molecular flexibility index (Phi) is 4.77. The van der Waals surface area contributed by atoms with Crippen LogP contribution >= 0.6 is 11.6 Å². The molecule has 110 valence electrons. The van der Waals surface area contributed by atoms with Crippen LogP contribution in [0.2, 0.25) is 5.02 Å². The highest BCUT2D eigenvalue weighted by molar-refractivity contribution is 6.30. The summed E-state index contributed by atoms with van der Waals surface area (Å²) in [5, 5.41) is 14.7. The molecule has 0 aliphatic heterocycles. The molecule has 0 atom stereocenters. The molecule has 0 bridgehead atoms. The summed E-state index contributed by atoms with van der Waals surface area (Å²) in [4.78, 5) is 10.7. The Morgan fingerprint density at radius 2 is 2.00 bits per heavy atom. The number of benzene rings is 2. The normalized spacial score (nSPS) is 10.4. The zero-order chi connectivity index (χ0) is 15.4. The number of ether oxygens (including phenoxy) is 1. The highest BCUT2D eigenvalue weighted by Crippen LogP contribution is 2.34. The van der Waals surface area contributed by atoms with Gasteiger partial charge in [-0.05, 0) is 37.7 Å². The van der Waals surface area contributed by atoms with Gasteiger partial charge in [-0.25, -0.2) is 0 Å². The Bertz CT molecular complexity index is 674. The predicted octanol–water partition coefficient (Wildman–Crippen LogP) is 4.07. The van der Waals surface area contributed by atoms with E-state index >= 15 is 0 Å². The first-order valence-corrected chi connectivity index (χ1v) is 6.75. The summed E-state index contributed by atoms with van der Waals surface area (Å²) in [5.41, 5.74) is 1.61. The molecule has 2 rings (SSSR count). The van der Waals surface area contributed by atoms with Crippen molar-refractivity contribution < 1.29 is 9.66 Å². The lowest BCUT2D eigenvalue weighted by Crippen LogP contribution is -2.06. The van der Waals surface area contributed by atoms with Gasteiger partial charge in [-0.15, -0.1) is 0 Å². The van der Waals surface area contributed by atoms with Gasteiger partial charge in [0.1, 0.15) is 5.75 Å². The molecule has 6 heteroatoms. The lowest BCUT2D eigenvalue weighted by molar-refractivity contribution is -0.385. The number of aryl methyl sites for hydroxylation is 1. The minimum atomic E-state index is -0.454. The van der Waals surface area contributed by atoms with Crippen LogP contribution in [-0.2, 0) is 6.54 Å². The van der Waals surface area contributed by atoms with E-state index < -0.39 is 4.92 Å². The highest BCUT2D eigenvalue weighted by Gasteiger charge is 2.17. The van der Waals surface area contributed by atoms with Gasteiger partial charge in [-0.2, -0.15) is 0 Å². The Balaban J connectivity index is 2.42. The molecule has 2 aromatic rings. The van der Waals surface area contributed by atoms with E-state index in [-0.39, 0.29) is 11.4 Å². The van der Waals surface area contributed by atoms with Crippen molar-refractivity contribution in [2.45, 2.75) is 13.5 Å². The van der Waals surface area contributed by atoms with Crippen LogP contribution in [-0.4, -0.2) is 12.0 Å². The molecule has 2 aromatic carbocycles. The number of hydrogen-bond donors (Lipinski definition) is 1. The molecular formula is C15H15ClN2O3. The smallest absolute Gasteiger partial charge is 0.311 e. The topological polar surface area (TPSA) is 64.4 Å². The first-order chi connectivity index (χ1) is 10.0. The van der Waals surface area contributed by atoms with E-state index in [1.807, 2.05) is 13.1 Å². The van der Waals surface area contributed by atoms with Crippen molar-refractivity contribution in [3.8, 4) is 11.5 Å². The summed E-state index contributed by atoms with van der Waals surface area (Å²) in [5.74, 6) is 0.703. The van der Waals surface area contributed by atoms with Gasteiger partial charge in [0.25, 0.3) is 0 Å². The summed E-state index contributed by atoms with van der Waals surface area (Å²) in [6.45, 7) is 2.37. The van der Waals surface area contributed by atoms with Crippen molar-refractivity contribution in [1.29, 1.82) is 0 Å². The van der Waals surface area contributed by atoms with Crippen molar-refractivity contribution in [2.75, 3.05) is 7.05 Å². The van der Waals surface area contributed by atoms with E-state index in [0.717, 1.165) is 11.1 Å². The molecule has 0 aliphatic carbocycles. The van der Waals surface area contributed by atoms with E-state index in [1.165, 1.54) is 6.07 Å². The van der Waals surface area contributed by atoms with E-state index in [9.17, 15) is 10.1 Å². The molecule has 0 amide bonds. The maximum atomic E-state index is 11.1. The molecular weight excluding hydrogens is 292 g/mol. The van der Waals surface area contributed by atoms with E-state index in [1.54, 1.807) is 31.2 Å². The van der Waals surface area contributed by atoms with E-state index in [2.05, 4.69) is 5.32 Å². The fraction of sp³-hybridized carbons (Fsp3) is 0.200. The second-order valence-corrected chi connectivity index (χ2v) is 5.05. The van der Waals surface area contributed by atoms with Gasteiger partial charge >= 0.3 is 5.69 Å². The number of hydrogen-bond acceptors (Lipinski definition) is 4. The molecule has 21 heavy (non-hydrogen) atoms. The summed E-state index contributed by atoms with van der Waals surface area (Å²) >= 11 is 5.98. The number of nitrogens with zero attached hydrogens (tertiary/aromatic N) is 1. The Morgan fingerprint density at radius 1 is 1.24 bits per heavy atom. The standard InChI is InChI=1S/C15H15ClN2O3/c1-10-3-6-14(13(7-10)18(19)20)21-15-8-12(16)5-4-11(15)9-17-2/h3-8,17H,9H2,1-2H3. The van der Waals surface area contributed by atoms with Gasteiger partial charge in [0.2, 0.25) is 5.75 Å². The average Bonchev–Trinajstić information content (AvgIpc) is 2.43. The maximum absolute atomic E-state index is 11.1. The fourth-order valence-corrected chi connectivity index (χ4v) is 2.10.